The fourth-order valence-electron chi connectivity index (χ4n) is 1.81. The second-order valence-electron chi connectivity index (χ2n) is 4.22. The molecule has 2 rings (SSSR count). The summed E-state index contributed by atoms with van der Waals surface area (Å²) in [5.41, 5.74) is 1.72. The van der Waals surface area contributed by atoms with Gasteiger partial charge in [0.15, 0.2) is 0 Å². The Balaban J connectivity index is 2.21. The van der Waals surface area contributed by atoms with E-state index in [-0.39, 0.29) is 11.1 Å². The zero-order valence-electron chi connectivity index (χ0n) is 11.5. The van der Waals surface area contributed by atoms with Crippen molar-refractivity contribution in [2.75, 3.05) is 18.2 Å². The van der Waals surface area contributed by atoms with Gasteiger partial charge in [-0.1, -0.05) is 18.2 Å². The number of aliphatic carboxylic acids is 1. The minimum Gasteiger partial charge on any atom is -0.495 e. The van der Waals surface area contributed by atoms with Gasteiger partial charge in [0.05, 0.1) is 18.6 Å². The van der Waals surface area contributed by atoms with E-state index in [0.29, 0.717) is 5.75 Å². The molecule has 1 heterocycles. The number of hydrogen-bond donors (Lipinski definition) is 2. The van der Waals surface area contributed by atoms with Crippen LogP contribution in [0.25, 0.3) is 0 Å². The van der Waals surface area contributed by atoms with Crippen LogP contribution in [0.4, 0.5) is 5.69 Å². The summed E-state index contributed by atoms with van der Waals surface area (Å²) in [6, 6.07) is 11.3. The maximum Gasteiger partial charge on any atom is 0.313 e. The van der Waals surface area contributed by atoms with Gasteiger partial charge < -0.3 is 15.2 Å². The zero-order chi connectivity index (χ0) is 15.1. The minimum atomic E-state index is -0.851. The van der Waals surface area contributed by atoms with Gasteiger partial charge in [-0.05, 0) is 18.2 Å². The molecule has 0 spiro atoms. The highest BCUT2D eigenvalue weighted by Gasteiger charge is 2.15. The summed E-state index contributed by atoms with van der Waals surface area (Å²) >= 11 is 1.29. The van der Waals surface area contributed by atoms with Crippen molar-refractivity contribution < 1.29 is 14.6 Å². The van der Waals surface area contributed by atoms with Crippen molar-refractivity contribution in [2.24, 2.45) is 0 Å². The van der Waals surface area contributed by atoms with Gasteiger partial charge >= 0.3 is 5.97 Å². The molecule has 110 valence electrons. The van der Waals surface area contributed by atoms with E-state index in [1.807, 2.05) is 36.4 Å². The summed E-state index contributed by atoms with van der Waals surface area (Å²) < 4.78 is 5.30. The lowest BCUT2D eigenvalue weighted by Crippen LogP contribution is -2.11. The Labute approximate surface area is 127 Å². The number of para-hydroxylation sites is 2. The molecule has 1 atom stereocenters. The number of ether oxygens (including phenoxy) is 1. The number of carbonyl (C=O) groups is 1. The van der Waals surface area contributed by atoms with E-state index in [2.05, 4.69) is 10.3 Å². The number of nitrogens with one attached hydrogen (secondary N) is 1. The highest BCUT2D eigenvalue weighted by atomic mass is 32.2. The first-order valence-corrected chi connectivity index (χ1v) is 7.38. The lowest BCUT2D eigenvalue weighted by molar-refractivity contribution is -0.133. The van der Waals surface area contributed by atoms with Crippen LogP contribution < -0.4 is 10.1 Å². The Morgan fingerprint density at radius 1 is 1.38 bits per heavy atom. The van der Waals surface area contributed by atoms with Gasteiger partial charge in [-0.15, -0.1) is 11.8 Å². The summed E-state index contributed by atoms with van der Waals surface area (Å²) in [6.07, 6.45) is 3.41. The summed E-state index contributed by atoms with van der Waals surface area (Å²) in [6.45, 7) is 0. The number of methoxy groups -OCH3 is 1. The Kier molecular flexibility index (Phi) is 5.45. The third kappa shape index (κ3) is 4.39. The first kappa shape index (κ1) is 15.2. The van der Waals surface area contributed by atoms with Crippen molar-refractivity contribution >= 4 is 23.4 Å². The lowest BCUT2D eigenvalue weighted by Gasteiger charge is -2.20. The van der Waals surface area contributed by atoms with E-state index in [1.54, 1.807) is 19.5 Å². The molecule has 0 saturated carbocycles. The molecule has 0 fully saturated rings. The monoisotopic (exact) mass is 304 g/mol. The standard InChI is InChI=1S/C15H16N2O3S/c1-20-13-7-3-2-6-12(13)17-15(21-10-14(18)19)11-5-4-8-16-9-11/h2-9,15,17H,10H2,1H3,(H,18,19). The third-order valence-corrected chi connectivity index (χ3v) is 3.89. The van der Waals surface area contributed by atoms with Gasteiger partial charge in [-0.2, -0.15) is 0 Å². The number of thioether (sulfide) groups is 1. The van der Waals surface area contributed by atoms with Crippen molar-refractivity contribution in [3.05, 3.63) is 54.4 Å². The molecule has 1 aromatic carbocycles. The van der Waals surface area contributed by atoms with Crippen molar-refractivity contribution in [1.82, 2.24) is 4.98 Å². The lowest BCUT2D eigenvalue weighted by atomic mass is 10.2. The first-order valence-electron chi connectivity index (χ1n) is 6.33. The highest BCUT2D eigenvalue weighted by Crippen LogP contribution is 2.33. The largest absolute Gasteiger partial charge is 0.495 e. The number of carboxylic acids is 1. The summed E-state index contributed by atoms with van der Waals surface area (Å²) in [5, 5.41) is 12.0. The molecular formula is C15H16N2O3S. The van der Waals surface area contributed by atoms with Crippen LogP contribution in [0.2, 0.25) is 0 Å². The van der Waals surface area contributed by atoms with Crippen molar-refractivity contribution in [3.63, 3.8) is 0 Å². The molecule has 1 aromatic heterocycles. The van der Waals surface area contributed by atoms with Crippen molar-refractivity contribution in [1.29, 1.82) is 0 Å². The van der Waals surface area contributed by atoms with Gasteiger partial charge in [0.25, 0.3) is 0 Å². The molecule has 2 aromatic rings. The number of carboxylic acid groups (broad SMARTS) is 1. The molecule has 0 aliphatic carbocycles. The zero-order valence-corrected chi connectivity index (χ0v) is 12.3. The second kappa shape index (κ2) is 7.54. The smallest absolute Gasteiger partial charge is 0.313 e. The van der Waals surface area contributed by atoms with Gasteiger partial charge in [0.2, 0.25) is 0 Å². The fourth-order valence-corrected chi connectivity index (χ4v) is 2.66. The third-order valence-electron chi connectivity index (χ3n) is 2.75. The van der Waals surface area contributed by atoms with Crippen LogP contribution >= 0.6 is 11.8 Å². The number of anilines is 1. The van der Waals surface area contributed by atoms with E-state index < -0.39 is 5.97 Å². The molecule has 2 N–H and O–H groups in total. The Hall–Kier alpha value is -2.21. The van der Waals surface area contributed by atoms with Crippen LogP contribution in [0.15, 0.2) is 48.8 Å². The minimum absolute atomic E-state index is 0.00170. The number of hydrogen-bond acceptors (Lipinski definition) is 5. The summed E-state index contributed by atoms with van der Waals surface area (Å²) in [5.74, 6) is -0.139. The summed E-state index contributed by atoms with van der Waals surface area (Å²) in [7, 11) is 1.60. The van der Waals surface area contributed by atoms with E-state index >= 15 is 0 Å². The van der Waals surface area contributed by atoms with Crippen LogP contribution in [-0.2, 0) is 4.79 Å². The fraction of sp³-hybridized carbons (Fsp3) is 0.200. The highest BCUT2D eigenvalue weighted by molar-refractivity contribution is 8.00. The van der Waals surface area contributed by atoms with Gasteiger partial charge in [0.1, 0.15) is 11.1 Å². The molecule has 0 saturated heterocycles. The SMILES string of the molecule is COc1ccccc1NC(SCC(=O)O)c1cccnc1. The average Bonchev–Trinajstić information content (AvgIpc) is 2.52. The average molecular weight is 304 g/mol. The van der Waals surface area contributed by atoms with Crippen LogP contribution in [0.1, 0.15) is 10.9 Å². The molecule has 0 aliphatic rings. The number of pyridine rings is 1. The van der Waals surface area contributed by atoms with E-state index in [9.17, 15) is 4.79 Å². The van der Waals surface area contributed by atoms with Crippen molar-refractivity contribution in [2.45, 2.75) is 5.37 Å². The molecule has 0 aliphatic heterocycles. The number of benzene rings is 1. The molecule has 21 heavy (non-hydrogen) atoms. The second-order valence-corrected chi connectivity index (χ2v) is 5.31. The van der Waals surface area contributed by atoms with E-state index in [0.717, 1.165) is 11.3 Å². The van der Waals surface area contributed by atoms with E-state index in [4.69, 9.17) is 9.84 Å². The maximum atomic E-state index is 10.8. The van der Waals surface area contributed by atoms with Crippen molar-refractivity contribution in [3.8, 4) is 5.75 Å². The normalized spacial score (nSPS) is 11.7. The summed E-state index contributed by atoms with van der Waals surface area (Å²) in [4.78, 5) is 14.9. The van der Waals surface area contributed by atoms with Crippen LogP contribution in [-0.4, -0.2) is 28.9 Å². The Morgan fingerprint density at radius 3 is 2.86 bits per heavy atom. The molecular weight excluding hydrogens is 288 g/mol. The molecule has 5 nitrogen and oxygen atoms in total. The predicted molar refractivity (Wildman–Crippen MR) is 83.7 cm³/mol. The molecule has 0 bridgehead atoms. The molecule has 0 radical (unpaired) electrons. The van der Waals surface area contributed by atoms with Crippen LogP contribution in [0, 0.1) is 0 Å². The maximum absolute atomic E-state index is 10.8. The molecule has 0 amide bonds. The first-order chi connectivity index (χ1) is 10.2. The Morgan fingerprint density at radius 2 is 2.19 bits per heavy atom. The predicted octanol–water partition coefficient (Wildman–Crippen LogP) is 3.02. The Bertz CT molecular complexity index is 592. The quantitative estimate of drug-likeness (QED) is 0.766. The van der Waals surface area contributed by atoms with E-state index in [1.165, 1.54) is 11.8 Å². The van der Waals surface area contributed by atoms with Gasteiger partial charge in [-0.3, -0.25) is 9.78 Å². The van der Waals surface area contributed by atoms with Crippen LogP contribution in [0.3, 0.4) is 0 Å². The van der Waals surface area contributed by atoms with Crippen LogP contribution in [0.5, 0.6) is 5.75 Å². The molecule has 1 unspecified atom stereocenters. The number of aromatic nitrogens is 1. The molecule has 6 heteroatoms. The topological polar surface area (TPSA) is 71.5 Å². The van der Waals surface area contributed by atoms with Gasteiger partial charge in [-0.25, -0.2) is 0 Å². The number of nitrogens with zero attached hydrogens (tertiary/aromatic N) is 1. The van der Waals surface area contributed by atoms with Gasteiger partial charge in [0, 0.05) is 18.0 Å². The number of rotatable bonds is 7.